The molecule has 2 rings (SSSR count). The van der Waals surface area contributed by atoms with E-state index < -0.39 is 0 Å². The van der Waals surface area contributed by atoms with Crippen molar-refractivity contribution in [2.45, 2.75) is 0 Å². The van der Waals surface area contributed by atoms with E-state index in [0.717, 1.165) is 31.9 Å². The second-order valence-corrected chi connectivity index (χ2v) is 3.07. The van der Waals surface area contributed by atoms with Crippen LogP contribution in [-0.4, -0.2) is 36.4 Å². The summed E-state index contributed by atoms with van der Waals surface area (Å²) in [6.45, 7) is 3.97. The summed E-state index contributed by atoms with van der Waals surface area (Å²) in [6, 6.07) is 0. The van der Waals surface area contributed by atoms with Crippen molar-refractivity contribution in [3.63, 3.8) is 0 Å². The Morgan fingerprint density at radius 1 is 1.23 bits per heavy atom. The highest BCUT2D eigenvalue weighted by atomic mass is 15.2. The van der Waals surface area contributed by atoms with E-state index in [4.69, 9.17) is 5.73 Å². The minimum absolute atomic E-state index is 0.705. The Morgan fingerprint density at radius 2 is 1.92 bits per heavy atom. The SMILES string of the molecule is Nc1cnncc1N1CCNCC1. The molecular formula is C8H13N5. The molecule has 0 bridgehead atoms. The van der Waals surface area contributed by atoms with Gasteiger partial charge in [0.05, 0.1) is 23.8 Å². The zero-order chi connectivity index (χ0) is 9.10. The third kappa shape index (κ3) is 1.70. The van der Waals surface area contributed by atoms with Crippen LogP contribution in [0.25, 0.3) is 0 Å². The second kappa shape index (κ2) is 3.57. The maximum absolute atomic E-state index is 5.79. The van der Waals surface area contributed by atoms with Crippen molar-refractivity contribution in [1.82, 2.24) is 15.5 Å². The summed E-state index contributed by atoms with van der Waals surface area (Å²) >= 11 is 0. The molecule has 5 heteroatoms. The molecule has 0 unspecified atom stereocenters. The molecule has 5 nitrogen and oxygen atoms in total. The highest BCUT2D eigenvalue weighted by Crippen LogP contribution is 2.19. The van der Waals surface area contributed by atoms with Gasteiger partial charge < -0.3 is 16.0 Å². The summed E-state index contributed by atoms with van der Waals surface area (Å²) in [5.41, 5.74) is 7.49. The van der Waals surface area contributed by atoms with Crippen molar-refractivity contribution < 1.29 is 0 Å². The van der Waals surface area contributed by atoms with Gasteiger partial charge in [-0.25, -0.2) is 0 Å². The van der Waals surface area contributed by atoms with Gasteiger partial charge in [0, 0.05) is 26.2 Å². The molecule has 3 N–H and O–H groups in total. The lowest BCUT2D eigenvalue weighted by atomic mass is 10.3. The number of rotatable bonds is 1. The average Bonchev–Trinajstić information content (AvgIpc) is 2.20. The van der Waals surface area contributed by atoms with E-state index in [1.165, 1.54) is 0 Å². The number of nitrogen functional groups attached to an aromatic ring is 1. The molecule has 1 saturated heterocycles. The fraction of sp³-hybridized carbons (Fsp3) is 0.500. The molecule has 0 radical (unpaired) electrons. The summed E-state index contributed by atoms with van der Waals surface area (Å²) in [7, 11) is 0. The van der Waals surface area contributed by atoms with Crippen molar-refractivity contribution in [3.8, 4) is 0 Å². The number of nitrogens with one attached hydrogen (secondary N) is 1. The van der Waals surface area contributed by atoms with E-state index in [1.54, 1.807) is 12.4 Å². The number of piperazine rings is 1. The van der Waals surface area contributed by atoms with Gasteiger partial charge in [0.2, 0.25) is 0 Å². The Labute approximate surface area is 76.9 Å². The van der Waals surface area contributed by atoms with Crippen LogP contribution in [0.4, 0.5) is 11.4 Å². The number of nitrogens with zero attached hydrogens (tertiary/aromatic N) is 3. The largest absolute Gasteiger partial charge is 0.396 e. The fourth-order valence-corrected chi connectivity index (χ4v) is 1.49. The number of anilines is 2. The van der Waals surface area contributed by atoms with E-state index in [2.05, 4.69) is 20.4 Å². The molecule has 0 aliphatic carbocycles. The van der Waals surface area contributed by atoms with Gasteiger partial charge in [0.15, 0.2) is 0 Å². The summed E-state index contributed by atoms with van der Waals surface area (Å²) in [6.07, 6.45) is 3.32. The van der Waals surface area contributed by atoms with Crippen molar-refractivity contribution in [2.24, 2.45) is 0 Å². The Bertz CT molecular complexity index is 282. The maximum Gasteiger partial charge on any atom is 0.0822 e. The molecule has 2 heterocycles. The van der Waals surface area contributed by atoms with Crippen LogP contribution in [-0.2, 0) is 0 Å². The molecule has 0 aromatic carbocycles. The Hall–Kier alpha value is -1.36. The molecular weight excluding hydrogens is 166 g/mol. The predicted octanol–water partition coefficient (Wildman–Crippen LogP) is -0.532. The first-order valence-electron chi connectivity index (χ1n) is 4.40. The molecule has 0 saturated carbocycles. The van der Waals surface area contributed by atoms with E-state index >= 15 is 0 Å². The summed E-state index contributed by atoms with van der Waals surface area (Å²) < 4.78 is 0. The average molecular weight is 179 g/mol. The Morgan fingerprint density at radius 3 is 2.62 bits per heavy atom. The molecule has 0 amide bonds. The molecule has 70 valence electrons. The van der Waals surface area contributed by atoms with Gasteiger partial charge in [-0.1, -0.05) is 0 Å². The van der Waals surface area contributed by atoms with Crippen LogP contribution in [0, 0.1) is 0 Å². The molecule has 1 aromatic heterocycles. The van der Waals surface area contributed by atoms with Crippen LogP contribution in [0.3, 0.4) is 0 Å². The number of nitrogens with two attached hydrogens (primary N) is 1. The zero-order valence-electron chi connectivity index (χ0n) is 7.40. The molecule has 1 aliphatic rings. The van der Waals surface area contributed by atoms with E-state index in [-0.39, 0.29) is 0 Å². The second-order valence-electron chi connectivity index (χ2n) is 3.07. The van der Waals surface area contributed by atoms with E-state index in [1.807, 2.05) is 0 Å². The molecule has 0 atom stereocenters. The van der Waals surface area contributed by atoms with Gasteiger partial charge >= 0.3 is 0 Å². The predicted molar refractivity (Wildman–Crippen MR) is 51.5 cm³/mol. The summed E-state index contributed by atoms with van der Waals surface area (Å²) in [4.78, 5) is 2.22. The minimum atomic E-state index is 0.705. The van der Waals surface area contributed by atoms with Crippen LogP contribution in [0.2, 0.25) is 0 Å². The first kappa shape index (κ1) is 8.25. The van der Waals surface area contributed by atoms with Crippen LogP contribution >= 0.6 is 0 Å². The monoisotopic (exact) mass is 179 g/mol. The van der Waals surface area contributed by atoms with Crippen LogP contribution < -0.4 is 16.0 Å². The first-order valence-corrected chi connectivity index (χ1v) is 4.40. The van der Waals surface area contributed by atoms with Gasteiger partial charge in [-0.3, -0.25) is 0 Å². The highest BCUT2D eigenvalue weighted by molar-refractivity contribution is 5.64. The lowest BCUT2D eigenvalue weighted by Crippen LogP contribution is -2.43. The van der Waals surface area contributed by atoms with E-state index in [9.17, 15) is 0 Å². The number of hydrogen-bond donors (Lipinski definition) is 2. The fourth-order valence-electron chi connectivity index (χ4n) is 1.49. The topological polar surface area (TPSA) is 67.1 Å². The normalized spacial score (nSPS) is 17.4. The van der Waals surface area contributed by atoms with Gasteiger partial charge in [0.25, 0.3) is 0 Å². The lowest BCUT2D eigenvalue weighted by molar-refractivity contribution is 0.588. The third-order valence-electron chi connectivity index (χ3n) is 2.20. The van der Waals surface area contributed by atoms with Gasteiger partial charge in [-0.15, -0.1) is 0 Å². The standard InChI is InChI=1S/C8H13N5/c9-7-5-11-12-6-8(7)13-3-1-10-2-4-13/h5-6,10H,1-4H2,(H2,9,12). The molecule has 1 fully saturated rings. The Balaban J connectivity index is 2.18. The van der Waals surface area contributed by atoms with Gasteiger partial charge in [-0.2, -0.15) is 10.2 Å². The van der Waals surface area contributed by atoms with Crippen molar-refractivity contribution in [2.75, 3.05) is 36.8 Å². The van der Waals surface area contributed by atoms with Crippen molar-refractivity contribution in [1.29, 1.82) is 0 Å². The third-order valence-corrected chi connectivity index (χ3v) is 2.20. The summed E-state index contributed by atoms with van der Waals surface area (Å²) in [5.74, 6) is 0. The quantitative estimate of drug-likeness (QED) is 0.606. The maximum atomic E-state index is 5.79. The van der Waals surface area contributed by atoms with Crippen LogP contribution in [0.1, 0.15) is 0 Å². The minimum Gasteiger partial charge on any atom is -0.396 e. The van der Waals surface area contributed by atoms with Gasteiger partial charge in [-0.05, 0) is 0 Å². The Kier molecular flexibility index (Phi) is 2.27. The first-order chi connectivity index (χ1) is 6.38. The molecule has 1 aliphatic heterocycles. The van der Waals surface area contributed by atoms with Crippen molar-refractivity contribution >= 4 is 11.4 Å². The molecule has 0 spiro atoms. The van der Waals surface area contributed by atoms with Gasteiger partial charge in [0.1, 0.15) is 0 Å². The zero-order valence-corrected chi connectivity index (χ0v) is 7.40. The lowest BCUT2D eigenvalue weighted by Gasteiger charge is -2.29. The number of aromatic nitrogens is 2. The van der Waals surface area contributed by atoms with Crippen molar-refractivity contribution in [3.05, 3.63) is 12.4 Å². The molecule has 13 heavy (non-hydrogen) atoms. The van der Waals surface area contributed by atoms with Crippen LogP contribution in [0.15, 0.2) is 12.4 Å². The highest BCUT2D eigenvalue weighted by Gasteiger charge is 2.12. The van der Waals surface area contributed by atoms with Crippen LogP contribution in [0.5, 0.6) is 0 Å². The smallest absolute Gasteiger partial charge is 0.0822 e. The summed E-state index contributed by atoms with van der Waals surface area (Å²) in [5, 5.41) is 10.8. The van der Waals surface area contributed by atoms with E-state index in [0.29, 0.717) is 5.69 Å². The number of hydrogen-bond acceptors (Lipinski definition) is 5. The molecule has 1 aromatic rings.